The third-order valence-corrected chi connectivity index (χ3v) is 0.650. The zero-order valence-electron chi connectivity index (χ0n) is 4.52. The molecule has 1 radical (unpaired) electrons. The Morgan fingerprint density at radius 1 is 1.57 bits per heavy atom. The number of hydrogen-bond donors (Lipinski definition) is 2. The maximum absolute atomic E-state index is 8.46. The van der Waals surface area contributed by atoms with Gasteiger partial charge in [-0.1, -0.05) is 13.3 Å². The fourth-order valence-corrected chi connectivity index (χ4v) is 0.400. The topological polar surface area (TPSA) is 40.5 Å². The Kier molecular flexibility index (Phi) is 2.26. The van der Waals surface area contributed by atoms with Crippen LogP contribution in [0.3, 0.4) is 0 Å². The molecule has 0 saturated heterocycles. The third kappa shape index (κ3) is 5.92. The zero-order chi connectivity index (χ0) is 5.91. The van der Waals surface area contributed by atoms with Gasteiger partial charge in [-0.15, -0.1) is 0 Å². The van der Waals surface area contributed by atoms with Crippen LogP contribution in [0.2, 0.25) is 0 Å². The van der Waals surface area contributed by atoms with Crippen LogP contribution in [0.1, 0.15) is 19.8 Å². The largest absolute Gasteiger partial charge is 0.366 e. The summed E-state index contributed by atoms with van der Waals surface area (Å²) in [4.78, 5) is 0. The van der Waals surface area contributed by atoms with Crippen molar-refractivity contribution in [3.63, 3.8) is 0 Å². The van der Waals surface area contributed by atoms with Crippen LogP contribution in [0.5, 0.6) is 0 Å². The predicted octanol–water partition coefficient (Wildman–Crippen LogP) is 0.301. The van der Waals surface area contributed by atoms with Crippen LogP contribution in [-0.2, 0) is 0 Å². The van der Waals surface area contributed by atoms with Crippen LogP contribution in [0.25, 0.3) is 0 Å². The molecule has 2 heteroatoms. The minimum atomic E-state index is -1.70. The molecule has 0 aromatic rings. The van der Waals surface area contributed by atoms with Crippen molar-refractivity contribution in [1.29, 1.82) is 0 Å². The Bertz CT molecular complexity index is 44.5. The molecule has 7 heavy (non-hydrogen) atoms. The molecule has 0 aliphatic carbocycles. The second kappa shape index (κ2) is 2.28. The molecule has 0 fully saturated rings. The van der Waals surface area contributed by atoms with Crippen molar-refractivity contribution in [3.05, 3.63) is 6.92 Å². The van der Waals surface area contributed by atoms with E-state index in [1.165, 1.54) is 0 Å². The Morgan fingerprint density at radius 3 is 2.00 bits per heavy atom. The molecule has 0 aliphatic heterocycles. The molecule has 0 atom stereocenters. The van der Waals surface area contributed by atoms with Crippen LogP contribution < -0.4 is 0 Å². The minimum Gasteiger partial charge on any atom is -0.366 e. The van der Waals surface area contributed by atoms with Crippen molar-refractivity contribution >= 4 is 0 Å². The molecule has 0 bridgehead atoms. The normalized spacial score (nSPS) is 12.0. The van der Waals surface area contributed by atoms with E-state index < -0.39 is 5.79 Å². The SMILES string of the molecule is [CH2]C(O)(O)CCC. The molecule has 0 heterocycles. The van der Waals surface area contributed by atoms with Gasteiger partial charge < -0.3 is 10.2 Å². The van der Waals surface area contributed by atoms with Gasteiger partial charge in [-0.2, -0.15) is 0 Å². The number of hydrogen-bond acceptors (Lipinski definition) is 2. The van der Waals surface area contributed by atoms with Crippen LogP contribution in [0.15, 0.2) is 0 Å². The fraction of sp³-hybridized carbons (Fsp3) is 0.800. The zero-order valence-corrected chi connectivity index (χ0v) is 4.52. The lowest BCUT2D eigenvalue weighted by molar-refractivity contribution is -0.125. The first-order valence-corrected chi connectivity index (χ1v) is 2.36. The molecule has 0 spiro atoms. The van der Waals surface area contributed by atoms with Gasteiger partial charge >= 0.3 is 0 Å². The van der Waals surface area contributed by atoms with E-state index in [9.17, 15) is 0 Å². The summed E-state index contributed by atoms with van der Waals surface area (Å²) in [6.07, 6.45) is 1.09. The van der Waals surface area contributed by atoms with E-state index in [-0.39, 0.29) is 0 Å². The monoisotopic (exact) mass is 103 g/mol. The average molecular weight is 103 g/mol. The standard InChI is InChI=1S/C5H11O2/c1-3-4-5(2,6)7/h6-7H,2-4H2,1H3. The molecule has 2 nitrogen and oxygen atoms in total. The van der Waals surface area contributed by atoms with Gasteiger partial charge in [0, 0.05) is 13.3 Å². The van der Waals surface area contributed by atoms with Crippen molar-refractivity contribution in [2.24, 2.45) is 0 Å². The highest BCUT2D eigenvalue weighted by molar-refractivity contribution is 4.63. The van der Waals surface area contributed by atoms with Gasteiger partial charge in [0.1, 0.15) is 0 Å². The van der Waals surface area contributed by atoms with E-state index in [1.54, 1.807) is 0 Å². The summed E-state index contributed by atoms with van der Waals surface area (Å²) < 4.78 is 0. The first kappa shape index (κ1) is 6.92. The molecule has 0 aliphatic rings. The number of rotatable bonds is 2. The third-order valence-electron chi connectivity index (χ3n) is 0.650. The van der Waals surface area contributed by atoms with Crippen LogP contribution in [-0.4, -0.2) is 16.0 Å². The Labute approximate surface area is 43.8 Å². The predicted molar refractivity (Wildman–Crippen MR) is 27.4 cm³/mol. The second-order valence-electron chi connectivity index (χ2n) is 1.73. The highest BCUT2D eigenvalue weighted by Crippen LogP contribution is 2.04. The van der Waals surface area contributed by atoms with E-state index in [0.29, 0.717) is 6.42 Å². The Balaban J connectivity index is 3.15. The smallest absolute Gasteiger partial charge is 0.162 e. The van der Waals surface area contributed by atoms with Crippen LogP contribution >= 0.6 is 0 Å². The lowest BCUT2D eigenvalue weighted by atomic mass is 10.2. The molecule has 0 unspecified atom stereocenters. The molecule has 0 rings (SSSR count). The van der Waals surface area contributed by atoms with Crippen molar-refractivity contribution in [2.75, 3.05) is 0 Å². The first-order valence-electron chi connectivity index (χ1n) is 2.36. The molecule has 0 aromatic carbocycles. The highest BCUT2D eigenvalue weighted by Gasteiger charge is 2.11. The molecule has 0 saturated carbocycles. The summed E-state index contributed by atoms with van der Waals surface area (Å²) in [7, 11) is 0. The van der Waals surface area contributed by atoms with Crippen LogP contribution in [0.4, 0.5) is 0 Å². The average Bonchev–Trinajstić information content (AvgIpc) is 1.30. The van der Waals surface area contributed by atoms with Gasteiger partial charge in [0.15, 0.2) is 5.79 Å². The van der Waals surface area contributed by atoms with Crippen molar-refractivity contribution < 1.29 is 10.2 Å². The molecule has 0 aromatic heterocycles. The highest BCUT2D eigenvalue weighted by atomic mass is 16.5. The van der Waals surface area contributed by atoms with E-state index in [0.717, 1.165) is 6.42 Å². The summed E-state index contributed by atoms with van der Waals surface area (Å²) in [6.45, 7) is 4.94. The maximum atomic E-state index is 8.46. The minimum absolute atomic E-state index is 0.340. The molecule has 0 amide bonds. The summed E-state index contributed by atoms with van der Waals surface area (Å²) in [6, 6.07) is 0. The van der Waals surface area contributed by atoms with Gasteiger partial charge in [-0.05, 0) is 0 Å². The van der Waals surface area contributed by atoms with Gasteiger partial charge in [0.25, 0.3) is 0 Å². The Morgan fingerprint density at radius 2 is 2.00 bits per heavy atom. The fourth-order valence-electron chi connectivity index (χ4n) is 0.400. The maximum Gasteiger partial charge on any atom is 0.162 e. The molecular weight excluding hydrogens is 92.1 g/mol. The summed E-state index contributed by atoms with van der Waals surface area (Å²) >= 11 is 0. The van der Waals surface area contributed by atoms with E-state index in [2.05, 4.69) is 6.92 Å². The van der Waals surface area contributed by atoms with Gasteiger partial charge in [0.2, 0.25) is 0 Å². The molecular formula is C5H11O2. The number of aliphatic hydroxyl groups is 2. The van der Waals surface area contributed by atoms with E-state index in [4.69, 9.17) is 10.2 Å². The van der Waals surface area contributed by atoms with Gasteiger partial charge in [-0.25, -0.2) is 0 Å². The van der Waals surface area contributed by atoms with Gasteiger partial charge in [-0.3, -0.25) is 0 Å². The second-order valence-corrected chi connectivity index (χ2v) is 1.73. The van der Waals surface area contributed by atoms with Crippen molar-refractivity contribution in [2.45, 2.75) is 25.6 Å². The summed E-state index contributed by atoms with van der Waals surface area (Å²) in [5.74, 6) is -1.70. The van der Waals surface area contributed by atoms with Crippen LogP contribution in [0, 0.1) is 6.92 Å². The van der Waals surface area contributed by atoms with Crippen molar-refractivity contribution in [1.82, 2.24) is 0 Å². The lowest BCUT2D eigenvalue weighted by Crippen LogP contribution is -2.22. The quantitative estimate of drug-likeness (QED) is 0.493. The first-order chi connectivity index (χ1) is 3.06. The van der Waals surface area contributed by atoms with E-state index in [1.807, 2.05) is 6.92 Å². The Hall–Kier alpha value is -0.0800. The lowest BCUT2D eigenvalue weighted by Gasteiger charge is -2.12. The van der Waals surface area contributed by atoms with Crippen molar-refractivity contribution in [3.8, 4) is 0 Å². The van der Waals surface area contributed by atoms with Gasteiger partial charge in [0.05, 0.1) is 0 Å². The van der Waals surface area contributed by atoms with E-state index >= 15 is 0 Å². The summed E-state index contributed by atoms with van der Waals surface area (Å²) in [5.41, 5.74) is 0. The molecule has 2 N–H and O–H groups in total. The summed E-state index contributed by atoms with van der Waals surface area (Å²) in [5, 5.41) is 16.9. The molecule has 43 valence electrons.